The van der Waals surface area contributed by atoms with Crippen LogP contribution >= 0.6 is 11.6 Å². The Bertz CT molecular complexity index is 396. The minimum Gasteiger partial charge on any atom is -0.495 e. The van der Waals surface area contributed by atoms with Gasteiger partial charge in [0.1, 0.15) is 19.0 Å². The number of Topliss-reactive ketones (excluding diaryl/α,β-unsaturated/α-hetero) is 1. The van der Waals surface area contributed by atoms with E-state index in [1.54, 1.807) is 0 Å². The molecule has 0 fully saturated rings. The summed E-state index contributed by atoms with van der Waals surface area (Å²) in [7, 11) is 1.45. The fourth-order valence-corrected chi connectivity index (χ4v) is 1.42. The summed E-state index contributed by atoms with van der Waals surface area (Å²) in [6.45, 7) is -1.15. The largest absolute Gasteiger partial charge is 0.495 e. The van der Waals surface area contributed by atoms with Crippen molar-refractivity contribution in [3.63, 3.8) is 0 Å². The van der Waals surface area contributed by atoms with Gasteiger partial charge in [-0.3, -0.25) is 4.79 Å². The number of rotatable bonds is 6. The molecule has 0 atom stereocenters. The van der Waals surface area contributed by atoms with Gasteiger partial charge in [0, 0.05) is 5.56 Å². The molecule has 0 amide bonds. The molecule has 1 aromatic carbocycles. The molecule has 0 aromatic heterocycles. The maximum absolute atomic E-state index is 11.8. The second-order valence-electron chi connectivity index (χ2n) is 3.18. The highest BCUT2D eigenvalue weighted by atomic mass is 35.5. The van der Waals surface area contributed by atoms with Crippen molar-refractivity contribution in [3.8, 4) is 5.75 Å². The first-order valence-corrected chi connectivity index (χ1v) is 5.15. The second-order valence-corrected chi connectivity index (χ2v) is 3.59. The van der Waals surface area contributed by atoms with Crippen LogP contribution in [0.1, 0.15) is 10.4 Å². The molecule has 1 rings (SSSR count). The summed E-state index contributed by atoms with van der Waals surface area (Å²) in [5, 5.41) is 0.284. The molecule has 0 N–H and O–H groups in total. The third-order valence-corrected chi connectivity index (χ3v) is 2.25. The molecule has 3 nitrogen and oxygen atoms in total. The average molecular weight is 265 g/mol. The van der Waals surface area contributed by atoms with Crippen LogP contribution in [0.25, 0.3) is 0 Å². The summed E-state index contributed by atoms with van der Waals surface area (Å²) < 4.78 is 33.0. The summed E-state index contributed by atoms with van der Waals surface area (Å²) in [5.41, 5.74) is 0.296. The van der Waals surface area contributed by atoms with Crippen LogP contribution in [0.3, 0.4) is 0 Å². The molecule has 17 heavy (non-hydrogen) atoms. The van der Waals surface area contributed by atoms with Crippen LogP contribution < -0.4 is 4.74 Å². The predicted molar refractivity (Wildman–Crippen MR) is 59.2 cm³/mol. The SMILES string of the molecule is COc1ccc(C(=O)COCC(F)F)cc1Cl. The Labute approximate surface area is 102 Å². The van der Waals surface area contributed by atoms with E-state index in [9.17, 15) is 13.6 Å². The van der Waals surface area contributed by atoms with Gasteiger partial charge in [-0.05, 0) is 18.2 Å². The smallest absolute Gasteiger partial charge is 0.261 e. The van der Waals surface area contributed by atoms with E-state index >= 15 is 0 Å². The van der Waals surface area contributed by atoms with E-state index in [0.717, 1.165) is 0 Å². The number of benzene rings is 1. The average Bonchev–Trinajstić information content (AvgIpc) is 2.28. The zero-order valence-electron chi connectivity index (χ0n) is 9.08. The van der Waals surface area contributed by atoms with Crippen molar-refractivity contribution in [2.75, 3.05) is 20.3 Å². The number of hydrogen-bond donors (Lipinski definition) is 0. The highest BCUT2D eigenvalue weighted by Crippen LogP contribution is 2.25. The van der Waals surface area contributed by atoms with Gasteiger partial charge in [0.15, 0.2) is 5.78 Å². The lowest BCUT2D eigenvalue weighted by atomic mass is 10.1. The lowest BCUT2D eigenvalue weighted by molar-refractivity contribution is 0.0196. The monoisotopic (exact) mass is 264 g/mol. The van der Waals surface area contributed by atoms with Gasteiger partial charge in [0.25, 0.3) is 6.43 Å². The molecule has 0 aliphatic heterocycles. The first kappa shape index (κ1) is 13.9. The topological polar surface area (TPSA) is 35.5 Å². The van der Waals surface area contributed by atoms with Gasteiger partial charge in [-0.1, -0.05) is 11.6 Å². The minimum atomic E-state index is -2.58. The summed E-state index contributed by atoms with van der Waals surface area (Å²) in [6.07, 6.45) is -2.58. The van der Waals surface area contributed by atoms with E-state index in [4.69, 9.17) is 16.3 Å². The van der Waals surface area contributed by atoms with Crippen LogP contribution in [0.5, 0.6) is 5.75 Å². The van der Waals surface area contributed by atoms with Gasteiger partial charge in [0.2, 0.25) is 0 Å². The normalized spacial score (nSPS) is 10.6. The Morgan fingerprint density at radius 3 is 2.71 bits per heavy atom. The van der Waals surface area contributed by atoms with Gasteiger partial charge in [-0.2, -0.15) is 0 Å². The molecular weight excluding hydrogens is 254 g/mol. The van der Waals surface area contributed by atoms with E-state index < -0.39 is 25.4 Å². The van der Waals surface area contributed by atoms with Crippen LogP contribution in [0.15, 0.2) is 18.2 Å². The fraction of sp³-hybridized carbons (Fsp3) is 0.364. The van der Waals surface area contributed by atoms with Gasteiger partial charge in [-0.15, -0.1) is 0 Å². The molecule has 0 aliphatic rings. The van der Waals surface area contributed by atoms with Gasteiger partial charge in [-0.25, -0.2) is 8.78 Å². The standard InChI is InChI=1S/C11H11ClF2O3/c1-16-10-3-2-7(4-8(10)12)9(15)5-17-6-11(13)14/h2-4,11H,5-6H2,1H3. The Morgan fingerprint density at radius 2 is 2.18 bits per heavy atom. The molecule has 0 saturated carbocycles. The number of carbonyl (C=O) groups is 1. The van der Waals surface area contributed by atoms with Crippen LogP contribution in [0.4, 0.5) is 8.78 Å². The van der Waals surface area contributed by atoms with E-state index in [-0.39, 0.29) is 5.02 Å². The molecule has 0 radical (unpaired) electrons. The van der Waals surface area contributed by atoms with Gasteiger partial charge in [0.05, 0.1) is 12.1 Å². The molecule has 0 spiro atoms. The first-order chi connectivity index (χ1) is 8.04. The molecule has 0 aliphatic carbocycles. The number of methoxy groups -OCH3 is 1. The molecule has 0 saturated heterocycles. The summed E-state index contributed by atoms with van der Waals surface area (Å²) >= 11 is 5.82. The van der Waals surface area contributed by atoms with Crippen molar-refractivity contribution in [3.05, 3.63) is 28.8 Å². The van der Waals surface area contributed by atoms with E-state index in [0.29, 0.717) is 11.3 Å². The van der Waals surface area contributed by atoms with E-state index in [1.807, 2.05) is 0 Å². The van der Waals surface area contributed by atoms with E-state index in [1.165, 1.54) is 25.3 Å². The van der Waals surface area contributed by atoms with Crippen molar-refractivity contribution in [2.45, 2.75) is 6.43 Å². The van der Waals surface area contributed by atoms with Gasteiger partial charge >= 0.3 is 0 Å². The zero-order valence-corrected chi connectivity index (χ0v) is 9.84. The van der Waals surface area contributed by atoms with Crippen molar-refractivity contribution >= 4 is 17.4 Å². The quantitative estimate of drug-likeness (QED) is 0.741. The molecule has 0 bridgehead atoms. The fourth-order valence-electron chi connectivity index (χ4n) is 1.16. The maximum Gasteiger partial charge on any atom is 0.261 e. The number of hydrogen-bond acceptors (Lipinski definition) is 3. The molecule has 94 valence electrons. The third kappa shape index (κ3) is 4.28. The summed E-state index contributed by atoms with van der Waals surface area (Å²) in [5.74, 6) is 0.0342. The molecule has 6 heteroatoms. The first-order valence-electron chi connectivity index (χ1n) is 4.77. The van der Waals surface area contributed by atoms with Crippen LogP contribution in [0.2, 0.25) is 5.02 Å². The lowest BCUT2D eigenvalue weighted by Crippen LogP contribution is -2.13. The van der Waals surface area contributed by atoms with Crippen molar-refractivity contribution in [2.24, 2.45) is 0 Å². The van der Waals surface area contributed by atoms with Crippen LogP contribution in [-0.4, -0.2) is 32.5 Å². The molecular formula is C11H11ClF2O3. The number of ketones is 1. The van der Waals surface area contributed by atoms with Crippen molar-refractivity contribution in [1.29, 1.82) is 0 Å². The highest BCUT2D eigenvalue weighted by Gasteiger charge is 2.10. The highest BCUT2D eigenvalue weighted by molar-refractivity contribution is 6.32. The Morgan fingerprint density at radius 1 is 1.47 bits per heavy atom. The Kier molecular flexibility index (Phi) is 5.31. The van der Waals surface area contributed by atoms with Crippen LogP contribution in [-0.2, 0) is 4.74 Å². The molecule has 0 heterocycles. The lowest BCUT2D eigenvalue weighted by Gasteiger charge is -2.06. The predicted octanol–water partition coefficient (Wildman–Crippen LogP) is 2.81. The van der Waals surface area contributed by atoms with Crippen LogP contribution in [0, 0.1) is 0 Å². The van der Waals surface area contributed by atoms with Crippen molar-refractivity contribution < 1.29 is 23.0 Å². The number of alkyl halides is 2. The summed E-state index contributed by atoms with van der Waals surface area (Å²) in [4.78, 5) is 11.5. The number of halogens is 3. The number of ether oxygens (including phenoxy) is 2. The van der Waals surface area contributed by atoms with E-state index in [2.05, 4.69) is 4.74 Å². The minimum absolute atomic E-state index is 0.284. The molecule has 1 aromatic rings. The van der Waals surface area contributed by atoms with Gasteiger partial charge < -0.3 is 9.47 Å². The third-order valence-electron chi connectivity index (χ3n) is 1.95. The Balaban J connectivity index is 2.60. The Hall–Kier alpha value is -1.20. The summed E-state index contributed by atoms with van der Waals surface area (Å²) in [6, 6.07) is 4.44. The zero-order chi connectivity index (χ0) is 12.8. The van der Waals surface area contributed by atoms with Crippen molar-refractivity contribution in [1.82, 2.24) is 0 Å². The second kappa shape index (κ2) is 6.51. The number of carbonyl (C=O) groups excluding carboxylic acids is 1. The maximum atomic E-state index is 11.8. The molecule has 0 unspecified atom stereocenters.